The summed E-state index contributed by atoms with van der Waals surface area (Å²) < 4.78 is 0. The molecule has 0 spiro atoms. The Balaban J connectivity index is 2.25. The molecule has 0 radical (unpaired) electrons. The molecule has 0 aliphatic carbocycles. The van der Waals surface area contributed by atoms with Crippen molar-refractivity contribution in [2.45, 2.75) is 32.7 Å². The number of nitrogen functional groups attached to an aromatic ring is 1. The van der Waals surface area contributed by atoms with Crippen LogP contribution in [-0.2, 0) is 0 Å². The number of hydrazine groups is 1. The Bertz CT molecular complexity index is 431. The largest absolute Gasteiger partial charge is 0.335 e. The van der Waals surface area contributed by atoms with E-state index in [-0.39, 0.29) is 5.91 Å². The number of carbonyl (C=O) groups excluding carboxylic acids is 1. The smallest absolute Gasteiger partial charge is 0.256 e. The lowest BCUT2D eigenvalue weighted by atomic mass is 10.0. The number of para-hydroxylation sites is 1. The van der Waals surface area contributed by atoms with Crippen LogP contribution in [0.1, 0.15) is 37.0 Å². The van der Waals surface area contributed by atoms with E-state index >= 15 is 0 Å². The lowest BCUT2D eigenvalue weighted by Crippen LogP contribution is -2.38. The van der Waals surface area contributed by atoms with Crippen LogP contribution in [0.2, 0.25) is 0 Å². The van der Waals surface area contributed by atoms with Gasteiger partial charge in [0.25, 0.3) is 5.91 Å². The Morgan fingerprint density at radius 1 is 1.44 bits per heavy atom. The molecule has 1 aliphatic rings. The fourth-order valence-corrected chi connectivity index (χ4v) is 2.69. The summed E-state index contributed by atoms with van der Waals surface area (Å²) in [6.07, 6.45) is 2.19. The van der Waals surface area contributed by atoms with E-state index in [0.29, 0.717) is 23.2 Å². The number of hydrogen-bond donors (Lipinski definition) is 2. The van der Waals surface area contributed by atoms with Crippen LogP contribution < -0.4 is 11.3 Å². The number of hydrogen-bond acceptors (Lipinski definition) is 3. The number of nitrogens with one attached hydrogen (secondary N) is 1. The van der Waals surface area contributed by atoms with Gasteiger partial charge in [-0.15, -0.1) is 0 Å². The van der Waals surface area contributed by atoms with E-state index in [2.05, 4.69) is 19.3 Å². The van der Waals surface area contributed by atoms with Crippen molar-refractivity contribution in [1.29, 1.82) is 0 Å². The van der Waals surface area contributed by atoms with Gasteiger partial charge in [-0.1, -0.05) is 26.0 Å². The van der Waals surface area contributed by atoms with Crippen molar-refractivity contribution >= 4 is 11.6 Å². The molecule has 1 unspecified atom stereocenters. The molecule has 3 N–H and O–H groups in total. The molecule has 1 aliphatic heterocycles. The molecule has 1 saturated heterocycles. The molecular weight excluding hydrogens is 226 g/mol. The fraction of sp³-hybridized carbons (Fsp3) is 0.500. The molecule has 0 aromatic heterocycles. The first kappa shape index (κ1) is 12.9. The van der Waals surface area contributed by atoms with E-state index in [4.69, 9.17) is 5.84 Å². The number of benzene rings is 1. The first-order chi connectivity index (χ1) is 8.65. The van der Waals surface area contributed by atoms with E-state index in [1.807, 2.05) is 29.2 Å². The molecule has 0 bridgehead atoms. The molecule has 4 nitrogen and oxygen atoms in total. The van der Waals surface area contributed by atoms with Gasteiger partial charge < -0.3 is 10.3 Å². The second kappa shape index (κ2) is 5.40. The van der Waals surface area contributed by atoms with Crippen LogP contribution in [0.3, 0.4) is 0 Å². The summed E-state index contributed by atoms with van der Waals surface area (Å²) in [5.41, 5.74) is 3.95. The van der Waals surface area contributed by atoms with Gasteiger partial charge in [-0.05, 0) is 30.9 Å². The summed E-state index contributed by atoms with van der Waals surface area (Å²) in [6.45, 7) is 5.19. The van der Waals surface area contributed by atoms with Gasteiger partial charge in [0.2, 0.25) is 0 Å². The molecule has 1 atom stereocenters. The Labute approximate surface area is 108 Å². The van der Waals surface area contributed by atoms with Gasteiger partial charge in [0.1, 0.15) is 0 Å². The molecule has 4 heteroatoms. The molecule has 1 aromatic carbocycles. The molecular formula is C14H21N3O. The summed E-state index contributed by atoms with van der Waals surface area (Å²) in [5.74, 6) is 6.04. The maximum Gasteiger partial charge on any atom is 0.256 e. The first-order valence-electron chi connectivity index (χ1n) is 6.51. The number of anilines is 1. The highest BCUT2D eigenvalue weighted by Gasteiger charge is 2.32. The minimum atomic E-state index is 0.0831. The van der Waals surface area contributed by atoms with E-state index in [0.717, 1.165) is 19.4 Å². The minimum Gasteiger partial charge on any atom is -0.335 e. The van der Waals surface area contributed by atoms with Crippen molar-refractivity contribution in [2.75, 3.05) is 12.0 Å². The van der Waals surface area contributed by atoms with Gasteiger partial charge in [0.15, 0.2) is 0 Å². The number of nitrogens with two attached hydrogens (primary N) is 1. The lowest BCUT2D eigenvalue weighted by molar-refractivity contribution is 0.0702. The third kappa shape index (κ3) is 2.34. The normalized spacial score (nSPS) is 19.3. The Hall–Kier alpha value is -1.55. The van der Waals surface area contributed by atoms with Crippen molar-refractivity contribution in [3.63, 3.8) is 0 Å². The van der Waals surface area contributed by atoms with Gasteiger partial charge in [-0.25, -0.2) is 0 Å². The van der Waals surface area contributed by atoms with Crippen molar-refractivity contribution in [3.8, 4) is 0 Å². The van der Waals surface area contributed by atoms with Gasteiger partial charge in [-0.3, -0.25) is 10.6 Å². The van der Waals surface area contributed by atoms with Crippen LogP contribution in [0.25, 0.3) is 0 Å². The van der Waals surface area contributed by atoms with Crippen LogP contribution in [0.5, 0.6) is 0 Å². The Morgan fingerprint density at radius 3 is 2.83 bits per heavy atom. The molecule has 18 heavy (non-hydrogen) atoms. The Morgan fingerprint density at radius 2 is 2.17 bits per heavy atom. The zero-order valence-corrected chi connectivity index (χ0v) is 11.0. The second-order valence-corrected chi connectivity index (χ2v) is 5.14. The molecule has 0 saturated carbocycles. The summed E-state index contributed by atoms with van der Waals surface area (Å²) in [6, 6.07) is 7.74. The molecule has 1 fully saturated rings. The number of nitrogens with zero attached hydrogens (tertiary/aromatic N) is 1. The highest BCUT2D eigenvalue weighted by molar-refractivity contribution is 5.99. The molecule has 2 rings (SSSR count). The van der Waals surface area contributed by atoms with Crippen LogP contribution in [0.4, 0.5) is 5.69 Å². The number of carbonyl (C=O) groups is 1. The SMILES string of the molecule is CC(C)C1CCCN1C(=O)c1ccccc1NN. The standard InChI is InChI=1S/C14H21N3O/c1-10(2)13-8-5-9-17(13)14(18)11-6-3-4-7-12(11)16-15/h3-4,6-7,10,13,16H,5,8-9,15H2,1-2H3. The first-order valence-corrected chi connectivity index (χ1v) is 6.51. The second-order valence-electron chi connectivity index (χ2n) is 5.14. The molecule has 1 aromatic rings. The van der Waals surface area contributed by atoms with Crippen LogP contribution in [-0.4, -0.2) is 23.4 Å². The van der Waals surface area contributed by atoms with E-state index < -0.39 is 0 Å². The highest BCUT2D eigenvalue weighted by atomic mass is 16.2. The van der Waals surface area contributed by atoms with Gasteiger partial charge >= 0.3 is 0 Å². The molecule has 98 valence electrons. The van der Waals surface area contributed by atoms with E-state index in [1.165, 1.54) is 0 Å². The maximum absolute atomic E-state index is 12.6. The third-order valence-corrected chi connectivity index (χ3v) is 3.64. The van der Waals surface area contributed by atoms with Crippen LogP contribution in [0, 0.1) is 5.92 Å². The fourth-order valence-electron chi connectivity index (χ4n) is 2.69. The number of amides is 1. The van der Waals surface area contributed by atoms with Gasteiger partial charge in [-0.2, -0.15) is 0 Å². The van der Waals surface area contributed by atoms with Crippen molar-refractivity contribution in [2.24, 2.45) is 11.8 Å². The monoisotopic (exact) mass is 247 g/mol. The third-order valence-electron chi connectivity index (χ3n) is 3.64. The predicted octanol–water partition coefficient (Wildman–Crippen LogP) is 2.23. The quantitative estimate of drug-likeness (QED) is 0.636. The van der Waals surface area contributed by atoms with Crippen LogP contribution in [0.15, 0.2) is 24.3 Å². The van der Waals surface area contributed by atoms with Crippen molar-refractivity contribution < 1.29 is 4.79 Å². The maximum atomic E-state index is 12.6. The van der Waals surface area contributed by atoms with Crippen LogP contribution >= 0.6 is 0 Å². The summed E-state index contributed by atoms with van der Waals surface area (Å²) in [4.78, 5) is 14.6. The summed E-state index contributed by atoms with van der Waals surface area (Å²) in [7, 11) is 0. The topological polar surface area (TPSA) is 58.4 Å². The molecule has 1 heterocycles. The zero-order valence-electron chi connectivity index (χ0n) is 11.0. The highest BCUT2D eigenvalue weighted by Crippen LogP contribution is 2.27. The van der Waals surface area contributed by atoms with Crippen molar-refractivity contribution in [1.82, 2.24) is 4.90 Å². The van der Waals surface area contributed by atoms with E-state index in [9.17, 15) is 4.79 Å². The summed E-state index contributed by atoms with van der Waals surface area (Å²) >= 11 is 0. The Kier molecular flexibility index (Phi) is 3.87. The van der Waals surface area contributed by atoms with E-state index in [1.54, 1.807) is 0 Å². The number of rotatable bonds is 3. The minimum absolute atomic E-state index is 0.0831. The number of likely N-dealkylation sites (tertiary alicyclic amines) is 1. The average molecular weight is 247 g/mol. The molecule has 1 amide bonds. The lowest BCUT2D eigenvalue weighted by Gasteiger charge is -2.28. The van der Waals surface area contributed by atoms with Gasteiger partial charge in [0, 0.05) is 12.6 Å². The van der Waals surface area contributed by atoms with Gasteiger partial charge in [0.05, 0.1) is 11.3 Å². The summed E-state index contributed by atoms with van der Waals surface area (Å²) in [5, 5.41) is 0. The van der Waals surface area contributed by atoms with Crippen molar-refractivity contribution in [3.05, 3.63) is 29.8 Å². The zero-order chi connectivity index (χ0) is 13.1. The predicted molar refractivity (Wildman–Crippen MR) is 73.1 cm³/mol. The average Bonchev–Trinajstić information content (AvgIpc) is 2.87.